The summed E-state index contributed by atoms with van der Waals surface area (Å²) in [6.07, 6.45) is 7.52. The van der Waals surface area contributed by atoms with Crippen LogP contribution in [-0.4, -0.2) is 61.0 Å². The van der Waals surface area contributed by atoms with Crippen molar-refractivity contribution in [3.05, 3.63) is 0 Å². The molecule has 1 N–H and O–H groups in total. The normalized spacial score (nSPS) is 30.9. The van der Waals surface area contributed by atoms with Gasteiger partial charge in [-0.15, -0.1) is 0 Å². The van der Waals surface area contributed by atoms with Crippen molar-refractivity contribution in [2.24, 2.45) is 0 Å². The fourth-order valence-electron chi connectivity index (χ4n) is 3.54. The van der Waals surface area contributed by atoms with E-state index in [4.69, 9.17) is 0 Å². The number of piperazine rings is 1. The van der Waals surface area contributed by atoms with E-state index >= 15 is 0 Å². The molecule has 0 radical (unpaired) electrons. The number of likely N-dealkylation sites (N-methyl/N-ethyl adjacent to an activating group) is 1. The van der Waals surface area contributed by atoms with Gasteiger partial charge in [-0.25, -0.2) is 0 Å². The Kier molecular flexibility index (Phi) is 5.22. The first kappa shape index (κ1) is 14.8. The van der Waals surface area contributed by atoms with Crippen molar-refractivity contribution in [2.45, 2.75) is 63.6 Å². The molecule has 0 spiro atoms. The average Bonchev–Trinajstić information content (AvgIpc) is 2.44. The van der Waals surface area contributed by atoms with Gasteiger partial charge < -0.3 is 10.2 Å². The maximum Gasteiger partial charge on any atom is 0.240 e. The van der Waals surface area contributed by atoms with E-state index < -0.39 is 0 Å². The lowest BCUT2D eigenvalue weighted by Gasteiger charge is -2.47. The monoisotopic (exact) mass is 267 g/mol. The minimum atomic E-state index is 0.0942. The average molecular weight is 267 g/mol. The summed E-state index contributed by atoms with van der Waals surface area (Å²) in [4.78, 5) is 17.0. The first-order valence-electron chi connectivity index (χ1n) is 7.82. The third-order valence-corrected chi connectivity index (χ3v) is 4.88. The van der Waals surface area contributed by atoms with Gasteiger partial charge in [0.25, 0.3) is 0 Å². The van der Waals surface area contributed by atoms with Gasteiger partial charge in [0.1, 0.15) is 0 Å². The summed E-state index contributed by atoms with van der Waals surface area (Å²) < 4.78 is 0. The molecule has 1 amide bonds. The summed E-state index contributed by atoms with van der Waals surface area (Å²) in [6, 6.07) is 1.08. The second-order valence-corrected chi connectivity index (χ2v) is 6.19. The van der Waals surface area contributed by atoms with Crippen LogP contribution in [0.4, 0.5) is 0 Å². The molecule has 4 heteroatoms. The van der Waals surface area contributed by atoms with Gasteiger partial charge in [0.05, 0.1) is 6.04 Å². The number of hydrogen-bond donors (Lipinski definition) is 1. The lowest BCUT2D eigenvalue weighted by molar-refractivity contribution is -0.146. The molecule has 2 fully saturated rings. The molecular weight excluding hydrogens is 238 g/mol. The predicted octanol–water partition coefficient (Wildman–Crippen LogP) is 1.46. The Balaban J connectivity index is 2.08. The number of rotatable bonds is 4. The fourth-order valence-corrected chi connectivity index (χ4v) is 3.54. The molecule has 0 bridgehead atoms. The summed E-state index contributed by atoms with van der Waals surface area (Å²) in [5, 5.41) is 3.19. The summed E-state index contributed by atoms with van der Waals surface area (Å²) in [6.45, 7) is 4.13. The highest BCUT2D eigenvalue weighted by Gasteiger charge is 2.39. The maximum absolute atomic E-state index is 12.6. The zero-order chi connectivity index (χ0) is 13.8. The van der Waals surface area contributed by atoms with Gasteiger partial charge in [0.2, 0.25) is 5.91 Å². The molecule has 2 unspecified atom stereocenters. The molecule has 0 aromatic rings. The van der Waals surface area contributed by atoms with E-state index in [1.165, 1.54) is 32.1 Å². The van der Waals surface area contributed by atoms with Gasteiger partial charge in [0, 0.05) is 25.7 Å². The number of carbonyl (C=O) groups is 1. The molecule has 110 valence electrons. The van der Waals surface area contributed by atoms with Gasteiger partial charge in [-0.2, -0.15) is 0 Å². The predicted molar refractivity (Wildman–Crippen MR) is 78.1 cm³/mol. The third-order valence-electron chi connectivity index (χ3n) is 4.88. The van der Waals surface area contributed by atoms with E-state index in [0.29, 0.717) is 18.0 Å². The molecule has 0 aromatic carbocycles. The van der Waals surface area contributed by atoms with Crippen LogP contribution in [-0.2, 0) is 4.79 Å². The van der Waals surface area contributed by atoms with E-state index in [2.05, 4.69) is 17.1 Å². The minimum absolute atomic E-state index is 0.0942. The number of amides is 1. The van der Waals surface area contributed by atoms with Gasteiger partial charge in [-0.3, -0.25) is 9.69 Å². The fraction of sp³-hybridized carbons (Fsp3) is 0.933. The van der Waals surface area contributed by atoms with Gasteiger partial charge in [0.15, 0.2) is 0 Å². The highest BCUT2D eigenvalue weighted by atomic mass is 16.2. The smallest absolute Gasteiger partial charge is 0.240 e. The summed E-state index contributed by atoms with van der Waals surface area (Å²) in [5.41, 5.74) is 0. The van der Waals surface area contributed by atoms with Crippen molar-refractivity contribution < 1.29 is 4.79 Å². The summed E-state index contributed by atoms with van der Waals surface area (Å²) >= 11 is 0. The largest absolute Gasteiger partial charge is 0.340 e. The van der Waals surface area contributed by atoms with Crippen molar-refractivity contribution in [1.82, 2.24) is 15.1 Å². The van der Waals surface area contributed by atoms with Crippen LogP contribution in [0.15, 0.2) is 0 Å². The van der Waals surface area contributed by atoms with Crippen molar-refractivity contribution in [3.63, 3.8) is 0 Å². The lowest BCUT2D eigenvalue weighted by atomic mass is 9.90. The SMILES string of the molecule is CNCCC1C(=O)N(C)C(C)CN1C1CCCCC1. The van der Waals surface area contributed by atoms with E-state index in [1.54, 1.807) is 0 Å². The van der Waals surface area contributed by atoms with Crippen LogP contribution in [0.1, 0.15) is 45.4 Å². The highest BCUT2D eigenvalue weighted by molar-refractivity contribution is 5.82. The molecule has 1 aliphatic heterocycles. The molecular formula is C15H29N3O. The highest BCUT2D eigenvalue weighted by Crippen LogP contribution is 2.28. The Morgan fingerprint density at radius 3 is 2.58 bits per heavy atom. The van der Waals surface area contributed by atoms with Crippen LogP contribution in [0.25, 0.3) is 0 Å². The van der Waals surface area contributed by atoms with Crippen molar-refractivity contribution in [3.8, 4) is 0 Å². The van der Waals surface area contributed by atoms with Crippen LogP contribution in [0.5, 0.6) is 0 Å². The summed E-state index contributed by atoms with van der Waals surface area (Å²) in [7, 11) is 3.92. The van der Waals surface area contributed by atoms with Gasteiger partial charge in [-0.1, -0.05) is 19.3 Å². The first-order chi connectivity index (χ1) is 9.15. The molecule has 1 heterocycles. The Bertz CT molecular complexity index is 302. The number of hydrogen-bond acceptors (Lipinski definition) is 3. The molecule has 4 nitrogen and oxygen atoms in total. The molecule has 2 aliphatic rings. The van der Waals surface area contributed by atoms with Crippen LogP contribution in [0.2, 0.25) is 0 Å². The quantitative estimate of drug-likeness (QED) is 0.837. The molecule has 2 atom stereocenters. The van der Waals surface area contributed by atoms with Gasteiger partial charge >= 0.3 is 0 Å². The maximum atomic E-state index is 12.6. The van der Waals surface area contributed by atoms with E-state index in [0.717, 1.165) is 19.5 Å². The Labute approximate surface area is 117 Å². The van der Waals surface area contributed by atoms with Crippen molar-refractivity contribution in [2.75, 3.05) is 27.2 Å². The van der Waals surface area contributed by atoms with Crippen molar-refractivity contribution in [1.29, 1.82) is 0 Å². The number of carbonyl (C=O) groups excluding carboxylic acids is 1. The van der Waals surface area contributed by atoms with Crippen LogP contribution in [0.3, 0.4) is 0 Å². The molecule has 19 heavy (non-hydrogen) atoms. The second-order valence-electron chi connectivity index (χ2n) is 6.19. The number of nitrogens with zero attached hydrogens (tertiary/aromatic N) is 2. The van der Waals surface area contributed by atoms with Crippen LogP contribution >= 0.6 is 0 Å². The van der Waals surface area contributed by atoms with Gasteiger partial charge in [-0.05, 0) is 39.8 Å². The molecule has 0 aromatic heterocycles. The zero-order valence-electron chi connectivity index (χ0n) is 12.7. The molecule has 1 saturated carbocycles. The minimum Gasteiger partial charge on any atom is -0.340 e. The van der Waals surface area contributed by atoms with Crippen LogP contribution < -0.4 is 5.32 Å². The lowest BCUT2D eigenvalue weighted by Crippen LogP contribution is -2.62. The molecule has 2 rings (SSSR count). The standard InChI is InChI=1S/C15H29N3O/c1-12-11-18(13-7-5-4-6-8-13)14(9-10-16-2)15(19)17(12)3/h12-14,16H,4-11H2,1-3H3. The molecule has 1 saturated heterocycles. The third kappa shape index (κ3) is 3.29. The molecule has 1 aliphatic carbocycles. The Morgan fingerprint density at radius 2 is 1.95 bits per heavy atom. The zero-order valence-corrected chi connectivity index (χ0v) is 12.7. The first-order valence-corrected chi connectivity index (χ1v) is 7.82. The summed E-state index contributed by atoms with van der Waals surface area (Å²) in [5.74, 6) is 0.319. The Hall–Kier alpha value is -0.610. The topological polar surface area (TPSA) is 35.6 Å². The van der Waals surface area contributed by atoms with E-state index in [-0.39, 0.29) is 6.04 Å². The Morgan fingerprint density at radius 1 is 1.26 bits per heavy atom. The van der Waals surface area contributed by atoms with E-state index in [9.17, 15) is 4.79 Å². The van der Waals surface area contributed by atoms with Crippen LogP contribution in [0, 0.1) is 0 Å². The van der Waals surface area contributed by atoms with Crippen molar-refractivity contribution >= 4 is 5.91 Å². The number of nitrogens with one attached hydrogen (secondary N) is 1. The van der Waals surface area contributed by atoms with E-state index in [1.807, 2.05) is 19.0 Å². The second kappa shape index (κ2) is 6.71.